The summed E-state index contributed by atoms with van der Waals surface area (Å²) < 4.78 is 0.944. The molecule has 7 heteroatoms. The van der Waals surface area contributed by atoms with Crippen LogP contribution in [0.1, 0.15) is 10.4 Å². The molecule has 0 spiro atoms. The smallest absolute Gasteiger partial charge is 0.209 e. The van der Waals surface area contributed by atoms with E-state index >= 15 is 0 Å². The van der Waals surface area contributed by atoms with E-state index in [-0.39, 0.29) is 11.5 Å². The summed E-state index contributed by atoms with van der Waals surface area (Å²) in [5.41, 5.74) is 1.45. The Kier molecular flexibility index (Phi) is 5.15. The molecule has 1 heterocycles. The number of nitrogens with one attached hydrogen (secondary N) is 1. The molecule has 116 valence electrons. The predicted molar refractivity (Wildman–Crippen MR) is 96.0 cm³/mol. The molecule has 0 bridgehead atoms. The molecule has 0 saturated heterocycles. The fourth-order valence-electron chi connectivity index (χ4n) is 1.93. The number of aromatic amines is 1. The van der Waals surface area contributed by atoms with Crippen molar-refractivity contribution in [2.45, 2.75) is 5.16 Å². The molecule has 23 heavy (non-hydrogen) atoms. The number of ketones is 1. The van der Waals surface area contributed by atoms with E-state index in [2.05, 4.69) is 31.1 Å². The van der Waals surface area contributed by atoms with Crippen molar-refractivity contribution in [3.8, 4) is 11.4 Å². The summed E-state index contributed by atoms with van der Waals surface area (Å²) in [5.74, 6) is 0.905. The van der Waals surface area contributed by atoms with E-state index in [0.717, 1.165) is 10.0 Å². The molecule has 3 rings (SSSR count). The van der Waals surface area contributed by atoms with E-state index in [1.807, 2.05) is 30.3 Å². The molecule has 0 amide bonds. The maximum absolute atomic E-state index is 12.1. The molecule has 1 N–H and O–H groups in total. The van der Waals surface area contributed by atoms with Gasteiger partial charge in [0.2, 0.25) is 5.16 Å². The van der Waals surface area contributed by atoms with Crippen molar-refractivity contribution in [2.75, 3.05) is 5.75 Å². The van der Waals surface area contributed by atoms with Crippen molar-refractivity contribution >= 4 is 45.1 Å². The Morgan fingerprint density at radius 3 is 2.65 bits per heavy atom. The second-order valence-corrected chi connectivity index (χ2v) is 6.93. The number of benzene rings is 2. The van der Waals surface area contributed by atoms with Gasteiger partial charge in [-0.3, -0.25) is 9.89 Å². The van der Waals surface area contributed by atoms with E-state index in [1.54, 1.807) is 18.2 Å². The van der Waals surface area contributed by atoms with Gasteiger partial charge in [0.05, 0.1) is 10.8 Å². The summed E-state index contributed by atoms with van der Waals surface area (Å²) in [6.45, 7) is 0. The van der Waals surface area contributed by atoms with Crippen LogP contribution in [0.15, 0.2) is 58.2 Å². The third-order valence-electron chi connectivity index (χ3n) is 3.09. The van der Waals surface area contributed by atoms with Gasteiger partial charge in [-0.15, -0.1) is 5.10 Å². The number of halogens is 2. The number of thioether (sulfide) groups is 1. The first-order chi connectivity index (χ1) is 11.1. The van der Waals surface area contributed by atoms with Gasteiger partial charge in [-0.25, -0.2) is 4.98 Å². The Hall–Kier alpha value is -1.63. The SMILES string of the molecule is O=C(CSc1n[nH]c(-c2ccccc2Cl)n1)c1ccc(Br)cc1. The number of aromatic nitrogens is 3. The Morgan fingerprint density at radius 2 is 1.91 bits per heavy atom. The van der Waals surface area contributed by atoms with Gasteiger partial charge >= 0.3 is 0 Å². The van der Waals surface area contributed by atoms with Crippen LogP contribution in [-0.4, -0.2) is 26.7 Å². The van der Waals surface area contributed by atoms with Crippen LogP contribution in [0.5, 0.6) is 0 Å². The number of H-pyrrole nitrogens is 1. The minimum absolute atomic E-state index is 0.0339. The number of carbonyl (C=O) groups is 1. The summed E-state index contributed by atoms with van der Waals surface area (Å²) in [6, 6.07) is 14.7. The van der Waals surface area contributed by atoms with Crippen LogP contribution in [0.2, 0.25) is 5.02 Å². The van der Waals surface area contributed by atoms with Crippen LogP contribution in [0.25, 0.3) is 11.4 Å². The number of hydrogen-bond donors (Lipinski definition) is 1. The molecule has 0 fully saturated rings. The van der Waals surface area contributed by atoms with Crippen LogP contribution >= 0.6 is 39.3 Å². The van der Waals surface area contributed by atoms with Gasteiger partial charge < -0.3 is 0 Å². The standard InChI is InChI=1S/C16H11BrClN3OS/c17-11-7-5-10(6-8-11)14(22)9-23-16-19-15(20-21-16)12-3-1-2-4-13(12)18/h1-8H,9H2,(H,19,20,21). The van der Waals surface area contributed by atoms with Crippen LogP contribution in [0.4, 0.5) is 0 Å². The van der Waals surface area contributed by atoms with Gasteiger partial charge in [0.25, 0.3) is 0 Å². The fraction of sp³-hybridized carbons (Fsp3) is 0.0625. The second-order valence-electron chi connectivity index (χ2n) is 4.67. The topological polar surface area (TPSA) is 58.6 Å². The minimum Gasteiger partial charge on any atom is -0.293 e. The molecular weight excluding hydrogens is 398 g/mol. The van der Waals surface area contributed by atoms with Gasteiger partial charge in [0, 0.05) is 15.6 Å². The van der Waals surface area contributed by atoms with Crippen molar-refractivity contribution in [2.24, 2.45) is 0 Å². The van der Waals surface area contributed by atoms with E-state index < -0.39 is 0 Å². The van der Waals surface area contributed by atoms with E-state index in [4.69, 9.17) is 11.6 Å². The Labute approximate surface area is 150 Å². The lowest BCUT2D eigenvalue weighted by Crippen LogP contribution is -2.02. The lowest BCUT2D eigenvalue weighted by molar-refractivity contribution is 0.102. The maximum atomic E-state index is 12.1. The Morgan fingerprint density at radius 1 is 1.17 bits per heavy atom. The monoisotopic (exact) mass is 407 g/mol. The van der Waals surface area contributed by atoms with Gasteiger partial charge in [-0.05, 0) is 24.3 Å². The van der Waals surface area contributed by atoms with Crippen LogP contribution in [0.3, 0.4) is 0 Å². The van der Waals surface area contributed by atoms with Crippen molar-refractivity contribution in [1.82, 2.24) is 15.2 Å². The number of hydrogen-bond acceptors (Lipinski definition) is 4. The zero-order valence-corrected chi connectivity index (χ0v) is 15.0. The first-order valence-electron chi connectivity index (χ1n) is 6.72. The highest BCUT2D eigenvalue weighted by molar-refractivity contribution is 9.10. The Balaban J connectivity index is 1.67. The lowest BCUT2D eigenvalue weighted by Gasteiger charge is -1.99. The zero-order valence-electron chi connectivity index (χ0n) is 11.8. The van der Waals surface area contributed by atoms with Crippen LogP contribution in [-0.2, 0) is 0 Å². The number of nitrogens with zero attached hydrogens (tertiary/aromatic N) is 2. The number of carbonyl (C=O) groups excluding carboxylic acids is 1. The average Bonchev–Trinajstić information content (AvgIpc) is 3.02. The van der Waals surface area contributed by atoms with Crippen molar-refractivity contribution in [3.63, 3.8) is 0 Å². The number of rotatable bonds is 5. The molecule has 0 aliphatic rings. The van der Waals surface area contributed by atoms with Gasteiger partial charge in [-0.2, -0.15) is 0 Å². The normalized spacial score (nSPS) is 10.7. The molecule has 2 aromatic carbocycles. The first-order valence-corrected chi connectivity index (χ1v) is 8.88. The van der Waals surface area contributed by atoms with E-state index in [9.17, 15) is 4.79 Å². The number of Topliss-reactive ketones (excluding diaryl/α,β-unsaturated/α-hetero) is 1. The van der Waals surface area contributed by atoms with Gasteiger partial charge in [0.1, 0.15) is 0 Å². The fourth-order valence-corrected chi connectivity index (χ4v) is 3.12. The Bertz CT molecular complexity index is 835. The third-order valence-corrected chi connectivity index (χ3v) is 4.80. The highest BCUT2D eigenvalue weighted by Crippen LogP contribution is 2.26. The summed E-state index contributed by atoms with van der Waals surface area (Å²) in [6.07, 6.45) is 0. The van der Waals surface area contributed by atoms with E-state index in [1.165, 1.54) is 11.8 Å². The lowest BCUT2D eigenvalue weighted by atomic mass is 10.2. The highest BCUT2D eigenvalue weighted by atomic mass is 79.9. The second kappa shape index (κ2) is 7.29. The van der Waals surface area contributed by atoms with Crippen molar-refractivity contribution in [1.29, 1.82) is 0 Å². The van der Waals surface area contributed by atoms with Crippen LogP contribution in [0, 0.1) is 0 Å². The highest BCUT2D eigenvalue weighted by Gasteiger charge is 2.12. The molecule has 0 atom stereocenters. The summed E-state index contributed by atoms with van der Waals surface area (Å²) in [4.78, 5) is 16.5. The minimum atomic E-state index is 0.0339. The third kappa shape index (κ3) is 4.02. The van der Waals surface area contributed by atoms with E-state index in [0.29, 0.717) is 21.6 Å². The summed E-state index contributed by atoms with van der Waals surface area (Å²) >= 11 is 10.8. The molecule has 0 aliphatic carbocycles. The molecule has 3 aromatic rings. The first kappa shape index (κ1) is 16.2. The molecule has 4 nitrogen and oxygen atoms in total. The van der Waals surface area contributed by atoms with Gasteiger partial charge in [-0.1, -0.05) is 63.6 Å². The van der Waals surface area contributed by atoms with Crippen molar-refractivity contribution in [3.05, 3.63) is 63.6 Å². The molecule has 0 saturated carbocycles. The summed E-state index contributed by atoms with van der Waals surface area (Å²) in [7, 11) is 0. The largest absolute Gasteiger partial charge is 0.293 e. The van der Waals surface area contributed by atoms with Crippen LogP contribution < -0.4 is 0 Å². The average molecular weight is 409 g/mol. The molecular formula is C16H11BrClN3OS. The molecule has 0 radical (unpaired) electrons. The van der Waals surface area contributed by atoms with Crippen molar-refractivity contribution < 1.29 is 4.79 Å². The maximum Gasteiger partial charge on any atom is 0.209 e. The molecule has 1 aromatic heterocycles. The molecule has 0 unspecified atom stereocenters. The predicted octanol–water partition coefficient (Wildman–Crippen LogP) is 4.86. The molecule has 0 aliphatic heterocycles. The quantitative estimate of drug-likeness (QED) is 0.484. The van der Waals surface area contributed by atoms with Gasteiger partial charge in [0.15, 0.2) is 11.6 Å². The summed E-state index contributed by atoms with van der Waals surface area (Å²) in [5, 5.41) is 8.09. The zero-order chi connectivity index (χ0) is 16.2.